The maximum absolute atomic E-state index is 6.83. The lowest BCUT2D eigenvalue weighted by Gasteiger charge is -2.54. The maximum Gasteiger partial charge on any atom is 0.0857 e. The van der Waals surface area contributed by atoms with E-state index in [-0.39, 0.29) is 5.41 Å². The highest BCUT2D eigenvalue weighted by Gasteiger charge is 2.51. The Morgan fingerprint density at radius 1 is 1.05 bits per heavy atom. The van der Waals surface area contributed by atoms with Gasteiger partial charge in [-0.2, -0.15) is 0 Å². The van der Waals surface area contributed by atoms with Crippen molar-refractivity contribution in [2.75, 3.05) is 27.7 Å². The second kappa shape index (κ2) is 5.94. The fraction of sp³-hybridized carbons (Fsp3) is 0.900. The molecule has 3 rings (SSSR count). The molecule has 1 saturated heterocycles. The second-order valence-electron chi connectivity index (χ2n) is 9.73. The van der Waals surface area contributed by atoms with Gasteiger partial charge >= 0.3 is 0 Å². The summed E-state index contributed by atoms with van der Waals surface area (Å²) in [6.45, 7) is 6.07. The first-order valence-corrected chi connectivity index (χ1v) is 9.40. The molecular weight excluding hydrogens is 270 g/mol. The predicted molar refractivity (Wildman–Crippen MR) is 92.7 cm³/mol. The zero-order chi connectivity index (χ0) is 16.0. The first-order chi connectivity index (χ1) is 10.3. The largest absolute Gasteiger partial charge is 0.374 e. The second-order valence-corrected chi connectivity index (χ2v) is 9.73. The van der Waals surface area contributed by atoms with E-state index in [0.717, 1.165) is 22.2 Å². The molecule has 0 spiro atoms. The van der Waals surface area contributed by atoms with Gasteiger partial charge in [0.25, 0.3) is 0 Å². The van der Waals surface area contributed by atoms with E-state index < -0.39 is 0 Å². The van der Waals surface area contributed by atoms with Crippen LogP contribution in [0.2, 0.25) is 0 Å². The third kappa shape index (κ3) is 3.28. The van der Waals surface area contributed by atoms with E-state index in [0.29, 0.717) is 12.2 Å². The summed E-state index contributed by atoms with van der Waals surface area (Å²) in [7, 11) is 6.94. The van der Waals surface area contributed by atoms with Crippen LogP contribution in [0.4, 0.5) is 0 Å². The summed E-state index contributed by atoms with van der Waals surface area (Å²) in [4.78, 5) is 0. The molecule has 1 heterocycles. The maximum atomic E-state index is 6.83. The number of ether oxygens (including phenoxy) is 1. The number of nitrogens with zero attached hydrogens (tertiary/aromatic N) is 1. The fourth-order valence-electron chi connectivity index (χ4n) is 5.79. The molecule has 0 radical (unpaired) electrons. The summed E-state index contributed by atoms with van der Waals surface area (Å²) in [5.41, 5.74) is 0.245. The summed E-state index contributed by atoms with van der Waals surface area (Å²) in [6, 6.07) is 0. The summed E-state index contributed by atoms with van der Waals surface area (Å²) < 4.78 is 7.85. The number of allylic oxidation sites excluding steroid dienone is 2. The number of hydrogen-bond donors (Lipinski definition) is 0. The third-order valence-electron chi connectivity index (χ3n) is 6.13. The van der Waals surface area contributed by atoms with Crippen molar-refractivity contribution in [2.24, 2.45) is 23.2 Å². The highest BCUT2D eigenvalue weighted by atomic mass is 16.5. The number of rotatable bonds is 3. The summed E-state index contributed by atoms with van der Waals surface area (Å²) in [5.74, 6) is 2.32. The van der Waals surface area contributed by atoms with Gasteiger partial charge in [0.05, 0.1) is 39.9 Å². The molecule has 2 heteroatoms. The van der Waals surface area contributed by atoms with Crippen molar-refractivity contribution in [3.05, 3.63) is 12.2 Å². The highest BCUT2D eigenvalue weighted by Crippen LogP contribution is 2.50. The van der Waals surface area contributed by atoms with Crippen LogP contribution < -0.4 is 0 Å². The quantitative estimate of drug-likeness (QED) is 0.559. The van der Waals surface area contributed by atoms with E-state index in [9.17, 15) is 0 Å². The van der Waals surface area contributed by atoms with Gasteiger partial charge in [-0.15, -0.1) is 0 Å². The summed E-state index contributed by atoms with van der Waals surface area (Å²) >= 11 is 0. The van der Waals surface area contributed by atoms with Gasteiger partial charge in [-0.05, 0) is 43.4 Å². The molecule has 0 aromatic rings. The number of hydrogen-bond acceptors (Lipinski definition) is 1. The van der Waals surface area contributed by atoms with Crippen LogP contribution in [0.5, 0.6) is 0 Å². The third-order valence-corrected chi connectivity index (χ3v) is 6.13. The molecule has 126 valence electrons. The minimum Gasteiger partial charge on any atom is -0.374 e. The van der Waals surface area contributed by atoms with Gasteiger partial charge < -0.3 is 9.22 Å². The zero-order valence-electron chi connectivity index (χ0n) is 15.3. The monoisotopic (exact) mass is 306 g/mol. The fourth-order valence-corrected chi connectivity index (χ4v) is 5.79. The van der Waals surface area contributed by atoms with E-state index in [1.807, 2.05) is 0 Å². The van der Waals surface area contributed by atoms with Gasteiger partial charge in [-0.3, -0.25) is 0 Å². The van der Waals surface area contributed by atoms with E-state index in [4.69, 9.17) is 4.74 Å². The first-order valence-electron chi connectivity index (χ1n) is 9.40. The van der Waals surface area contributed by atoms with Crippen molar-refractivity contribution >= 4 is 0 Å². The topological polar surface area (TPSA) is 9.23 Å². The highest BCUT2D eigenvalue weighted by molar-refractivity contribution is 5.08. The SMILES string of the molecule is CC(C)(C[N+](C)(C)C)[C@H]1O[C@H]2CCCC[C@H]2[C@H]2C=CCC[C@@H]21. The Kier molecular flexibility index (Phi) is 4.46. The molecule has 22 heavy (non-hydrogen) atoms. The smallest absolute Gasteiger partial charge is 0.0857 e. The van der Waals surface area contributed by atoms with Gasteiger partial charge in [0, 0.05) is 5.41 Å². The standard InChI is InChI=1S/C20H36NO/c1-20(2,14-21(3,4)5)19-17-12-7-6-10-15(17)16-11-8-9-13-18(16)22-19/h6,10,15-19H,7-9,11-14H2,1-5H3/q+1/t15-,16+,17+,18+,19+/m1/s1. The van der Waals surface area contributed by atoms with Crippen molar-refractivity contribution in [3.63, 3.8) is 0 Å². The van der Waals surface area contributed by atoms with Gasteiger partial charge in [0.2, 0.25) is 0 Å². The van der Waals surface area contributed by atoms with Gasteiger partial charge in [-0.1, -0.05) is 38.8 Å². The van der Waals surface area contributed by atoms with E-state index >= 15 is 0 Å². The van der Waals surface area contributed by atoms with Gasteiger partial charge in [0.15, 0.2) is 0 Å². The molecule has 0 N–H and O–H groups in total. The average Bonchev–Trinajstić information content (AvgIpc) is 2.44. The number of quaternary nitrogens is 1. The van der Waals surface area contributed by atoms with Crippen LogP contribution in [0.1, 0.15) is 52.4 Å². The van der Waals surface area contributed by atoms with Crippen LogP contribution in [0.15, 0.2) is 12.2 Å². The van der Waals surface area contributed by atoms with Crippen molar-refractivity contribution in [1.29, 1.82) is 0 Å². The van der Waals surface area contributed by atoms with Crippen LogP contribution >= 0.6 is 0 Å². The zero-order valence-corrected chi connectivity index (χ0v) is 15.3. The minimum absolute atomic E-state index is 0.245. The van der Waals surface area contributed by atoms with Crippen LogP contribution in [0.25, 0.3) is 0 Å². The Morgan fingerprint density at radius 3 is 2.50 bits per heavy atom. The Morgan fingerprint density at radius 2 is 1.77 bits per heavy atom. The molecule has 3 aliphatic rings. The molecule has 0 aromatic heterocycles. The molecule has 0 amide bonds. The average molecular weight is 307 g/mol. The molecule has 0 bridgehead atoms. The Bertz CT molecular complexity index is 420. The van der Waals surface area contributed by atoms with Crippen molar-refractivity contribution in [2.45, 2.75) is 64.6 Å². The Balaban J connectivity index is 1.85. The van der Waals surface area contributed by atoms with Crippen molar-refractivity contribution in [3.8, 4) is 0 Å². The van der Waals surface area contributed by atoms with Crippen LogP contribution in [0, 0.1) is 23.2 Å². The number of fused-ring (bicyclic) bond motifs is 3. The van der Waals surface area contributed by atoms with Crippen LogP contribution in [0.3, 0.4) is 0 Å². The van der Waals surface area contributed by atoms with Crippen LogP contribution in [-0.4, -0.2) is 44.4 Å². The van der Waals surface area contributed by atoms with Crippen LogP contribution in [-0.2, 0) is 4.74 Å². The molecule has 2 fully saturated rings. The minimum atomic E-state index is 0.245. The van der Waals surface area contributed by atoms with Crippen molar-refractivity contribution in [1.82, 2.24) is 0 Å². The summed E-state index contributed by atoms with van der Waals surface area (Å²) in [5, 5.41) is 0. The predicted octanol–water partition coefficient (Wildman–Crippen LogP) is 4.26. The molecule has 0 unspecified atom stereocenters. The Labute approximate surface area is 137 Å². The molecular formula is C20H36NO+. The lowest BCUT2D eigenvalue weighted by Crippen LogP contribution is -2.57. The molecule has 5 atom stereocenters. The van der Waals surface area contributed by atoms with E-state index in [2.05, 4.69) is 47.1 Å². The normalized spacial score (nSPS) is 39.2. The Hall–Kier alpha value is -0.340. The lowest BCUT2D eigenvalue weighted by molar-refractivity contribution is -0.877. The molecule has 1 aliphatic heterocycles. The van der Waals surface area contributed by atoms with Gasteiger partial charge in [0.1, 0.15) is 0 Å². The van der Waals surface area contributed by atoms with Gasteiger partial charge in [-0.25, -0.2) is 0 Å². The first kappa shape index (κ1) is 16.5. The molecule has 0 aromatic carbocycles. The van der Waals surface area contributed by atoms with Crippen molar-refractivity contribution < 1.29 is 9.22 Å². The molecule has 2 nitrogen and oxygen atoms in total. The van der Waals surface area contributed by atoms with E-state index in [1.54, 1.807) is 0 Å². The lowest BCUT2D eigenvalue weighted by atomic mass is 9.61. The molecule has 2 aliphatic carbocycles. The van der Waals surface area contributed by atoms with E-state index in [1.165, 1.54) is 45.1 Å². The summed E-state index contributed by atoms with van der Waals surface area (Å²) in [6.07, 6.45) is 14.0. The molecule has 1 saturated carbocycles.